The standard InChI is InChI=1S/C17H17ClN2O3/c18-11-5-6-15(21)14(9-11)20-17(22)10-23-16-7-8-19-13-4-2-1-3-12(13)16/h5-9,21H,1-4,10H2,(H,20,22). The minimum Gasteiger partial charge on any atom is -0.506 e. The van der Waals surface area contributed by atoms with E-state index in [9.17, 15) is 9.90 Å². The Morgan fingerprint density at radius 3 is 3.00 bits per heavy atom. The van der Waals surface area contributed by atoms with E-state index in [0.29, 0.717) is 10.8 Å². The molecule has 5 nitrogen and oxygen atoms in total. The van der Waals surface area contributed by atoms with Crippen molar-refractivity contribution < 1.29 is 14.6 Å². The number of rotatable bonds is 4. The summed E-state index contributed by atoms with van der Waals surface area (Å²) in [5.74, 6) is 0.313. The molecule has 1 amide bonds. The number of pyridine rings is 1. The minimum absolute atomic E-state index is 0.0379. The number of halogens is 1. The number of amides is 1. The lowest BCUT2D eigenvalue weighted by Crippen LogP contribution is -2.21. The minimum atomic E-state index is -0.357. The molecule has 0 radical (unpaired) electrons. The molecule has 0 spiro atoms. The number of hydrogen-bond donors (Lipinski definition) is 2. The van der Waals surface area contributed by atoms with Crippen molar-refractivity contribution in [2.75, 3.05) is 11.9 Å². The Labute approximate surface area is 139 Å². The predicted octanol–water partition coefficient (Wildman–Crippen LogP) is 3.34. The van der Waals surface area contributed by atoms with Gasteiger partial charge in [-0.2, -0.15) is 0 Å². The molecule has 1 heterocycles. The second-order valence-corrected chi connectivity index (χ2v) is 5.88. The Balaban J connectivity index is 1.64. The van der Waals surface area contributed by atoms with E-state index in [-0.39, 0.29) is 24.0 Å². The summed E-state index contributed by atoms with van der Waals surface area (Å²) in [6.07, 6.45) is 5.83. The van der Waals surface area contributed by atoms with Crippen molar-refractivity contribution in [3.8, 4) is 11.5 Å². The molecule has 2 N–H and O–H groups in total. The summed E-state index contributed by atoms with van der Waals surface area (Å²) in [6.45, 7) is -0.137. The fraction of sp³-hybridized carbons (Fsp3) is 0.294. The molecule has 0 aliphatic heterocycles. The molecule has 2 aromatic rings. The highest BCUT2D eigenvalue weighted by molar-refractivity contribution is 6.31. The van der Waals surface area contributed by atoms with E-state index < -0.39 is 0 Å². The van der Waals surface area contributed by atoms with Crippen LogP contribution in [0.1, 0.15) is 24.1 Å². The van der Waals surface area contributed by atoms with Crippen molar-refractivity contribution in [3.05, 3.63) is 46.7 Å². The van der Waals surface area contributed by atoms with E-state index in [1.807, 2.05) is 0 Å². The van der Waals surface area contributed by atoms with Gasteiger partial charge in [0.2, 0.25) is 0 Å². The smallest absolute Gasteiger partial charge is 0.262 e. The molecule has 3 rings (SSSR count). The van der Waals surface area contributed by atoms with Crippen molar-refractivity contribution >= 4 is 23.2 Å². The maximum absolute atomic E-state index is 12.0. The SMILES string of the molecule is O=C(COc1ccnc2c1CCCC2)Nc1cc(Cl)ccc1O. The monoisotopic (exact) mass is 332 g/mol. The van der Waals surface area contributed by atoms with Gasteiger partial charge >= 0.3 is 0 Å². The average Bonchev–Trinajstić information content (AvgIpc) is 2.56. The Hall–Kier alpha value is -2.27. The third-order valence-corrected chi connectivity index (χ3v) is 4.02. The first-order valence-corrected chi connectivity index (χ1v) is 7.89. The van der Waals surface area contributed by atoms with Crippen LogP contribution in [-0.2, 0) is 17.6 Å². The van der Waals surface area contributed by atoms with Crippen molar-refractivity contribution in [1.82, 2.24) is 4.98 Å². The van der Waals surface area contributed by atoms with E-state index in [1.165, 1.54) is 12.1 Å². The van der Waals surface area contributed by atoms with Crippen molar-refractivity contribution in [2.24, 2.45) is 0 Å². The second-order valence-electron chi connectivity index (χ2n) is 5.44. The predicted molar refractivity (Wildman–Crippen MR) is 88.1 cm³/mol. The van der Waals surface area contributed by atoms with Crippen LogP contribution in [0.3, 0.4) is 0 Å². The van der Waals surface area contributed by atoms with Gasteiger partial charge in [0, 0.05) is 22.5 Å². The van der Waals surface area contributed by atoms with Gasteiger partial charge < -0.3 is 15.2 Å². The van der Waals surface area contributed by atoms with Gasteiger partial charge in [-0.3, -0.25) is 9.78 Å². The summed E-state index contributed by atoms with van der Waals surface area (Å²) in [5.41, 5.74) is 2.42. The number of nitrogens with one attached hydrogen (secondary N) is 1. The van der Waals surface area contributed by atoms with Crippen molar-refractivity contribution in [3.63, 3.8) is 0 Å². The van der Waals surface area contributed by atoms with Gasteiger partial charge in [0.1, 0.15) is 11.5 Å². The number of carbonyl (C=O) groups excluding carboxylic acids is 1. The number of phenols is 1. The Bertz CT molecular complexity index is 734. The lowest BCUT2D eigenvalue weighted by atomic mass is 9.95. The molecule has 1 aromatic heterocycles. The molecular formula is C17H17ClN2O3. The van der Waals surface area contributed by atoms with Gasteiger partial charge in [-0.1, -0.05) is 11.6 Å². The summed E-state index contributed by atoms with van der Waals surface area (Å²) in [4.78, 5) is 16.4. The summed E-state index contributed by atoms with van der Waals surface area (Å²) >= 11 is 5.85. The van der Waals surface area contributed by atoms with E-state index in [2.05, 4.69) is 10.3 Å². The van der Waals surface area contributed by atoms with Gasteiger partial charge in [0.05, 0.1) is 5.69 Å². The lowest BCUT2D eigenvalue weighted by molar-refractivity contribution is -0.118. The maximum atomic E-state index is 12.0. The van der Waals surface area contributed by atoms with Crippen LogP contribution in [0, 0.1) is 0 Å². The molecule has 0 fully saturated rings. The Kier molecular flexibility index (Phi) is 4.67. The van der Waals surface area contributed by atoms with Crippen LogP contribution >= 0.6 is 11.6 Å². The van der Waals surface area contributed by atoms with Crippen LogP contribution in [0.15, 0.2) is 30.5 Å². The normalized spacial score (nSPS) is 13.3. The molecule has 23 heavy (non-hydrogen) atoms. The van der Waals surface area contributed by atoms with Gasteiger partial charge in [-0.05, 0) is 49.9 Å². The molecule has 0 bridgehead atoms. The number of benzene rings is 1. The van der Waals surface area contributed by atoms with Crippen LogP contribution in [0.5, 0.6) is 11.5 Å². The number of aromatic nitrogens is 1. The van der Waals surface area contributed by atoms with Crippen LogP contribution in [0.2, 0.25) is 5.02 Å². The van der Waals surface area contributed by atoms with Crippen LogP contribution in [0.4, 0.5) is 5.69 Å². The number of aromatic hydroxyl groups is 1. The van der Waals surface area contributed by atoms with Crippen molar-refractivity contribution in [1.29, 1.82) is 0 Å². The molecule has 6 heteroatoms. The third-order valence-electron chi connectivity index (χ3n) is 3.78. The fourth-order valence-corrected chi connectivity index (χ4v) is 2.84. The highest BCUT2D eigenvalue weighted by Gasteiger charge is 2.16. The van der Waals surface area contributed by atoms with Crippen LogP contribution in [0.25, 0.3) is 0 Å². The van der Waals surface area contributed by atoms with Crippen molar-refractivity contribution in [2.45, 2.75) is 25.7 Å². The molecule has 120 valence electrons. The zero-order valence-electron chi connectivity index (χ0n) is 12.5. The quantitative estimate of drug-likeness (QED) is 0.842. The van der Waals surface area contributed by atoms with Crippen LogP contribution < -0.4 is 10.1 Å². The first-order chi connectivity index (χ1) is 11.1. The average molecular weight is 333 g/mol. The van der Waals surface area contributed by atoms with E-state index in [1.54, 1.807) is 18.3 Å². The maximum Gasteiger partial charge on any atom is 0.262 e. The fourth-order valence-electron chi connectivity index (χ4n) is 2.67. The number of anilines is 1. The molecule has 0 saturated carbocycles. The van der Waals surface area contributed by atoms with E-state index >= 15 is 0 Å². The van der Waals surface area contributed by atoms with Crippen LogP contribution in [-0.4, -0.2) is 22.6 Å². The zero-order valence-corrected chi connectivity index (χ0v) is 13.3. The van der Waals surface area contributed by atoms with E-state index in [4.69, 9.17) is 16.3 Å². The molecule has 0 saturated heterocycles. The highest BCUT2D eigenvalue weighted by Crippen LogP contribution is 2.28. The van der Waals surface area contributed by atoms with E-state index in [0.717, 1.165) is 36.9 Å². The molecule has 1 aromatic carbocycles. The molecule has 1 aliphatic rings. The number of hydrogen-bond acceptors (Lipinski definition) is 4. The summed E-state index contributed by atoms with van der Waals surface area (Å²) in [7, 11) is 0. The molecule has 0 unspecified atom stereocenters. The molecule has 0 atom stereocenters. The molecule has 1 aliphatic carbocycles. The van der Waals surface area contributed by atoms with Gasteiger partial charge in [0.15, 0.2) is 6.61 Å². The second kappa shape index (κ2) is 6.87. The number of carbonyl (C=O) groups is 1. The first kappa shape index (κ1) is 15.6. The summed E-state index contributed by atoms with van der Waals surface area (Å²) in [6, 6.07) is 6.25. The topological polar surface area (TPSA) is 71.5 Å². The Morgan fingerprint density at radius 2 is 2.13 bits per heavy atom. The third kappa shape index (κ3) is 3.74. The number of phenolic OH excluding ortho intramolecular Hbond substituents is 1. The highest BCUT2D eigenvalue weighted by atomic mass is 35.5. The zero-order chi connectivity index (χ0) is 16.2. The lowest BCUT2D eigenvalue weighted by Gasteiger charge is -2.18. The number of ether oxygens (including phenoxy) is 1. The van der Waals surface area contributed by atoms with Gasteiger partial charge in [0.25, 0.3) is 5.91 Å². The summed E-state index contributed by atoms with van der Waals surface area (Å²) in [5, 5.41) is 12.7. The summed E-state index contributed by atoms with van der Waals surface area (Å²) < 4.78 is 5.64. The first-order valence-electron chi connectivity index (χ1n) is 7.51. The molecular weight excluding hydrogens is 316 g/mol. The number of fused-ring (bicyclic) bond motifs is 1. The van der Waals surface area contributed by atoms with Gasteiger partial charge in [-0.15, -0.1) is 0 Å². The number of nitrogens with zero attached hydrogens (tertiary/aromatic N) is 1. The number of aryl methyl sites for hydroxylation is 1. The Morgan fingerprint density at radius 1 is 1.30 bits per heavy atom. The largest absolute Gasteiger partial charge is 0.506 e. The van der Waals surface area contributed by atoms with Gasteiger partial charge in [-0.25, -0.2) is 0 Å².